The predicted molar refractivity (Wildman–Crippen MR) is 65.9 cm³/mol. The second kappa shape index (κ2) is 5.34. The molecule has 3 atom stereocenters. The molecule has 0 aliphatic heterocycles. The van der Waals surface area contributed by atoms with Crippen molar-refractivity contribution in [3.63, 3.8) is 0 Å². The van der Waals surface area contributed by atoms with Crippen LogP contribution >= 0.6 is 0 Å². The molecule has 1 nitrogen and oxygen atoms in total. The zero-order chi connectivity index (χ0) is 10.7. The Labute approximate surface area is 95.0 Å². The average Bonchev–Trinajstić information content (AvgIpc) is 3.10. The summed E-state index contributed by atoms with van der Waals surface area (Å²) in [6.45, 7) is 5.81. The van der Waals surface area contributed by atoms with Crippen LogP contribution in [0.2, 0.25) is 0 Å². The van der Waals surface area contributed by atoms with Crippen molar-refractivity contribution in [1.29, 1.82) is 0 Å². The van der Waals surface area contributed by atoms with Crippen LogP contribution in [0.15, 0.2) is 0 Å². The Hall–Kier alpha value is -0.0400. The highest BCUT2D eigenvalue weighted by Gasteiger charge is 2.39. The Kier molecular flexibility index (Phi) is 4.07. The maximum atomic E-state index is 3.78. The van der Waals surface area contributed by atoms with Crippen molar-refractivity contribution in [3.8, 4) is 0 Å². The van der Waals surface area contributed by atoms with Gasteiger partial charge in [0.25, 0.3) is 0 Å². The van der Waals surface area contributed by atoms with E-state index in [2.05, 4.69) is 19.2 Å². The van der Waals surface area contributed by atoms with Crippen LogP contribution in [0, 0.1) is 17.8 Å². The molecule has 0 aromatic heterocycles. The van der Waals surface area contributed by atoms with Gasteiger partial charge in [0.2, 0.25) is 0 Å². The minimum absolute atomic E-state index is 0.861. The largest absolute Gasteiger partial charge is 0.314 e. The standard InChI is InChI=1S/C14H27N/c1-3-11-7-5-6-8-13(11)14(15-4-2)12-9-10-12/h11-15H,3-10H2,1-2H3. The van der Waals surface area contributed by atoms with E-state index in [4.69, 9.17) is 0 Å². The Morgan fingerprint density at radius 2 is 1.80 bits per heavy atom. The van der Waals surface area contributed by atoms with Crippen molar-refractivity contribution in [1.82, 2.24) is 5.32 Å². The van der Waals surface area contributed by atoms with Gasteiger partial charge in [-0.05, 0) is 43.6 Å². The summed E-state index contributed by atoms with van der Waals surface area (Å²) in [5.41, 5.74) is 0. The predicted octanol–water partition coefficient (Wildman–Crippen LogP) is 3.59. The van der Waals surface area contributed by atoms with Crippen LogP contribution in [0.4, 0.5) is 0 Å². The molecule has 2 aliphatic carbocycles. The topological polar surface area (TPSA) is 12.0 Å². The fraction of sp³-hybridized carbons (Fsp3) is 1.00. The van der Waals surface area contributed by atoms with Crippen LogP contribution in [0.3, 0.4) is 0 Å². The zero-order valence-corrected chi connectivity index (χ0v) is 10.5. The van der Waals surface area contributed by atoms with Gasteiger partial charge in [0.05, 0.1) is 0 Å². The first-order valence-electron chi connectivity index (χ1n) is 7.10. The Balaban J connectivity index is 1.96. The molecule has 0 saturated heterocycles. The van der Waals surface area contributed by atoms with Gasteiger partial charge in [-0.2, -0.15) is 0 Å². The van der Waals surface area contributed by atoms with Crippen LogP contribution in [0.1, 0.15) is 58.8 Å². The first kappa shape index (κ1) is 11.4. The molecule has 2 fully saturated rings. The molecule has 2 rings (SSSR count). The quantitative estimate of drug-likeness (QED) is 0.729. The molecule has 2 aliphatic rings. The molecule has 1 heteroatoms. The molecule has 88 valence electrons. The molecular formula is C14H27N. The van der Waals surface area contributed by atoms with Crippen molar-refractivity contribution in [2.45, 2.75) is 64.8 Å². The molecule has 15 heavy (non-hydrogen) atoms. The normalized spacial score (nSPS) is 34.0. The van der Waals surface area contributed by atoms with E-state index in [0.29, 0.717) is 0 Å². The molecule has 0 bridgehead atoms. The first-order chi connectivity index (χ1) is 7.36. The highest BCUT2D eigenvalue weighted by atomic mass is 14.9. The molecule has 1 N–H and O–H groups in total. The van der Waals surface area contributed by atoms with E-state index in [1.54, 1.807) is 0 Å². The van der Waals surface area contributed by atoms with E-state index in [-0.39, 0.29) is 0 Å². The van der Waals surface area contributed by atoms with Gasteiger partial charge in [0, 0.05) is 6.04 Å². The van der Waals surface area contributed by atoms with Crippen LogP contribution in [0.25, 0.3) is 0 Å². The Morgan fingerprint density at radius 3 is 2.40 bits per heavy atom. The molecule has 2 saturated carbocycles. The molecule has 0 spiro atoms. The second-order valence-electron chi connectivity index (χ2n) is 5.54. The molecule has 3 unspecified atom stereocenters. The minimum atomic E-state index is 0.861. The van der Waals surface area contributed by atoms with Crippen molar-refractivity contribution in [2.24, 2.45) is 17.8 Å². The summed E-state index contributed by atoms with van der Waals surface area (Å²) in [4.78, 5) is 0. The number of hydrogen-bond acceptors (Lipinski definition) is 1. The van der Waals surface area contributed by atoms with Crippen molar-refractivity contribution in [3.05, 3.63) is 0 Å². The average molecular weight is 209 g/mol. The van der Waals surface area contributed by atoms with E-state index in [1.807, 2.05) is 0 Å². The van der Waals surface area contributed by atoms with E-state index in [0.717, 1.165) is 30.3 Å². The smallest absolute Gasteiger partial charge is 0.0126 e. The van der Waals surface area contributed by atoms with Crippen molar-refractivity contribution >= 4 is 0 Å². The van der Waals surface area contributed by atoms with Crippen LogP contribution in [-0.4, -0.2) is 12.6 Å². The van der Waals surface area contributed by atoms with Crippen LogP contribution < -0.4 is 5.32 Å². The van der Waals surface area contributed by atoms with Gasteiger partial charge in [0.1, 0.15) is 0 Å². The SMILES string of the molecule is CCNC(C1CC1)C1CCCCC1CC. The third kappa shape index (κ3) is 2.75. The lowest BCUT2D eigenvalue weighted by molar-refractivity contribution is 0.163. The number of hydrogen-bond donors (Lipinski definition) is 1. The molecule has 0 aromatic rings. The lowest BCUT2D eigenvalue weighted by atomic mass is 9.73. The maximum Gasteiger partial charge on any atom is 0.0126 e. The van der Waals surface area contributed by atoms with E-state index in [9.17, 15) is 0 Å². The second-order valence-corrected chi connectivity index (χ2v) is 5.54. The summed E-state index contributed by atoms with van der Waals surface area (Å²) < 4.78 is 0. The van der Waals surface area contributed by atoms with Gasteiger partial charge in [-0.15, -0.1) is 0 Å². The van der Waals surface area contributed by atoms with Gasteiger partial charge in [-0.1, -0.05) is 39.5 Å². The highest BCUT2D eigenvalue weighted by molar-refractivity contribution is 4.94. The van der Waals surface area contributed by atoms with Gasteiger partial charge in [0.15, 0.2) is 0 Å². The summed E-state index contributed by atoms with van der Waals surface area (Å²) in [7, 11) is 0. The van der Waals surface area contributed by atoms with Gasteiger partial charge in [-0.25, -0.2) is 0 Å². The summed E-state index contributed by atoms with van der Waals surface area (Å²) in [5, 5.41) is 3.78. The fourth-order valence-corrected chi connectivity index (χ4v) is 3.57. The van der Waals surface area contributed by atoms with Crippen molar-refractivity contribution < 1.29 is 0 Å². The fourth-order valence-electron chi connectivity index (χ4n) is 3.57. The van der Waals surface area contributed by atoms with Gasteiger partial charge >= 0.3 is 0 Å². The Bertz CT molecular complexity index is 186. The Morgan fingerprint density at radius 1 is 1.07 bits per heavy atom. The molecule has 0 radical (unpaired) electrons. The van der Waals surface area contributed by atoms with E-state index in [1.165, 1.54) is 44.9 Å². The van der Waals surface area contributed by atoms with E-state index < -0.39 is 0 Å². The van der Waals surface area contributed by atoms with Crippen LogP contribution in [-0.2, 0) is 0 Å². The maximum absolute atomic E-state index is 3.78. The van der Waals surface area contributed by atoms with Gasteiger partial charge in [-0.3, -0.25) is 0 Å². The molecule has 0 aromatic carbocycles. The van der Waals surface area contributed by atoms with E-state index >= 15 is 0 Å². The highest BCUT2D eigenvalue weighted by Crippen LogP contribution is 2.43. The molecule has 0 amide bonds. The third-order valence-corrected chi connectivity index (χ3v) is 4.52. The summed E-state index contributed by atoms with van der Waals surface area (Å²) in [6.07, 6.45) is 10.3. The summed E-state index contributed by atoms with van der Waals surface area (Å²) >= 11 is 0. The van der Waals surface area contributed by atoms with Crippen molar-refractivity contribution in [2.75, 3.05) is 6.54 Å². The lowest BCUT2D eigenvalue weighted by Crippen LogP contribution is -2.42. The number of rotatable bonds is 5. The lowest BCUT2D eigenvalue weighted by Gasteiger charge is -2.37. The summed E-state index contributed by atoms with van der Waals surface area (Å²) in [6, 6.07) is 0.861. The third-order valence-electron chi connectivity index (χ3n) is 4.52. The van der Waals surface area contributed by atoms with Crippen LogP contribution in [0.5, 0.6) is 0 Å². The van der Waals surface area contributed by atoms with Gasteiger partial charge < -0.3 is 5.32 Å². The molecule has 0 heterocycles. The molecular weight excluding hydrogens is 182 g/mol. The minimum Gasteiger partial charge on any atom is -0.314 e. The summed E-state index contributed by atoms with van der Waals surface area (Å²) in [5.74, 6) is 3.04. The monoisotopic (exact) mass is 209 g/mol. The number of nitrogens with one attached hydrogen (secondary N) is 1. The first-order valence-corrected chi connectivity index (χ1v) is 7.10. The zero-order valence-electron chi connectivity index (χ0n) is 10.5.